The molecule has 6 rings (SSSR count). The number of benzene rings is 2. The number of nitrogens with zero attached hydrogens (tertiary/aromatic N) is 1. The molecule has 2 unspecified atom stereocenters. The van der Waals surface area contributed by atoms with Crippen molar-refractivity contribution in [2.24, 2.45) is 16.8 Å². The lowest BCUT2D eigenvalue weighted by molar-refractivity contribution is -0.136. The van der Waals surface area contributed by atoms with Crippen molar-refractivity contribution >= 4 is 11.9 Å². The molecule has 3 heteroatoms. The molecule has 0 amide bonds. The summed E-state index contributed by atoms with van der Waals surface area (Å²) in [5.74, 6) is 2.28. The first kappa shape index (κ1) is 17.0. The molecule has 2 atom stereocenters. The van der Waals surface area contributed by atoms with Crippen molar-refractivity contribution in [2.75, 3.05) is 7.11 Å². The van der Waals surface area contributed by atoms with Crippen LogP contribution in [0.25, 0.3) is 0 Å². The number of ether oxygens (including phenoxy) is 1. The molecule has 3 nitrogen and oxygen atoms in total. The average molecular weight is 361 g/mol. The Balaban J connectivity index is 1.35. The first-order chi connectivity index (χ1) is 13.1. The summed E-state index contributed by atoms with van der Waals surface area (Å²) in [6, 6.07) is 16.6. The van der Waals surface area contributed by atoms with Crippen LogP contribution >= 0.6 is 0 Å². The molecule has 0 saturated heterocycles. The first-order valence-corrected chi connectivity index (χ1v) is 10.1. The molecule has 140 valence electrons. The predicted molar refractivity (Wildman–Crippen MR) is 108 cm³/mol. The zero-order chi connectivity index (χ0) is 18.5. The van der Waals surface area contributed by atoms with Crippen molar-refractivity contribution in [2.45, 2.75) is 49.5 Å². The van der Waals surface area contributed by atoms with E-state index >= 15 is 0 Å². The van der Waals surface area contributed by atoms with Gasteiger partial charge in [0.05, 0.1) is 18.4 Å². The van der Waals surface area contributed by atoms with Gasteiger partial charge in [-0.05, 0) is 103 Å². The molecule has 0 spiro atoms. The van der Waals surface area contributed by atoms with Gasteiger partial charge in [-0.2, -0.15) is 0 Å². The van der Waals surface area contributed by atoms with E-state index in [0.29, 0.717) is 11.8 Å². The highest BCUT2D eigenvalue weighted by Gasteiger charge is 2.57. The van der Waals surface area contributed by atoms with Gasteiger partial charge in [0, 0.05) is 6.21 Å². The quantitative estimate of drug-likeness (QED) is 0.776. The number of aliphatic hydroxyl groups is 1. The Morgan fingerprint density at radius 1 is 0.963 bits per heavy atom. The lowest BCUT2D eigenvalue weighted by atomic mass is 9.46. The summed E-state index contributed by atoms with van der Waals surface area (Å²) < 4.78 is 5.19. The van der Waals surface area contributed by atoms with E-state index in [1.807, 2.05) is 30.5 Å². The van der Waals surface area contributed by atoms with Crippen LogP contribution in [0.2, 0.25) is 0 Å². The SMILES string of the molecule is COc1ccc(C=Nc2ccc(C34CC5CC(CC(O)(C5)C3)C4)cc2)cc1. The Morgan fingerprint density at radius 2 is 1.63 bits per heavy atom. The Labute approximate surface area is 161 Å². The average Bonchev–Trinajstić information content (AvgIpc) is 2.65. The number of methoxy groups -OCH3 is 1. The zero-order valence-corrected chi connectivity index (χ0v) is 15.9. The van der Waals surface area contributed by atoms with E-state index < -0.39 is 5.60 Å². The lowest BCUT2D eigenvalue weighted by Crippen LogP contribution is -2.57. The van der Waals surface area contributed by atoms with Crippen molar-refractivity contribution in [1.82, 2.24) is 0 Å². The van der Waals surface area contributed by atoms with Gasteiger partial charge in [-0.1, -0.05) is 12.1 Å². The lowest BCUT2D eigenvalue weighted by Gasteiger charge is -2.60. The van der Waals surface area contributed by atoms with Gasteiger partial charge in [0.25, 0.3) is 0 Å². The summed E-state index contributed by atoms with van der Waals surface area (Å²) in [6.07, 6.45) is 8.71. The van der Waals surface area contributed by atoms with Crippen molar-refractivity contribution < 1.29 is 9.84 Å². The summed E-state index contributed by atoms with van der Waals surface area (Å²) in [4.78, 5) is 4.62. The van der Waals surface area contributed by atoms with E-state index in [1.54, 1.807) is 7.11 Å². The molecular formula is C24H27NO2. The topological polar surface area (TPSA) is 41.8 Å². The molecular weight excluding hydrogens is 334 g/mol. The minimum Gasteiger partial charge on any atom is -0.497 e. The molecule has 2 aromatic carbocycles. The first-order valence-electron chi connectivity index (χ1n) is 10.1. The molecule has 4 bridgehead atoms. The van der Waals surface area contributed by atoms with Crippen LogP contribution < -0.4 is 4.74 Å². The molecule has 1 N–H and O–H groups in total. The van der Waals surface area contributed by atoms with Gasteiger partial charge in [0.2, 0.25) is 0 Å². The number of hydrogen-bond acceptors (Lipinski definition) is 3. The molecule has 27 heavy (non-hydrogen) atoms. The second-order valence-electron chi connectivity index (χ2n) is 9.04. The van der Waals surface area contributed by atoms with Crippen LogP contribution in [-0.2, 0) is 5.41 Å². The minimum absolute atomic E-state index is 0.192. The second kappa shape index (κ2) is 6.20. The minimum atomic E-state index is -0.407. The van der Waals surface area contributed by atoms with Gasteiger partial charge in [0.1, 0.15) is 5.75 Å². The summed E-state index contributed by atoms with van der Waals surface area (Å²) in [7, 11) is 1.67. The van der Waals surface area contributed by atoms with E-state index in [0.717, 1.165) is 36.3 Å². The summed E-state index contributed by atoms with van der Waals surface area (Å²) in [6.45, 7) is 0. The van der Waals surface area contributed by atoms with Crippen LogP contribution in [0.15, 0.2) is 53.5 Å². The maximum absolute atomic E-state index is 11.0. The highest BCUT2D eigenvalue weighted by Crippen LogP contribution is 2.62. The van der Waals surface area contributed by atoms with Gasteiger partial charge in [-0.15, -0.1) is 0 Å². The highest BCUT2D eigenvalue weighted by atomic mass is 16.5. The van der Waals surface area contributed by atoms with Crippen LogP contribution in [-0.4, -0.2) is 24.0 Å². The predicted octanol–water partition coefficient (Wildman–Crippen LogP) is 5.03. The maximum atomic E-state index is 11.0. The molecule has 0 radical (unpaired) electrons. The number of rotatable bonds is 4. The van der Waals surface area contributed by atoms with Crippen LogP contribution in [0, 0.1) is 11.8 Å². The fourth-order valence-corrected chi connectivity index (χ4v) is 6.29. The number of aliphatic imine (C=N–C) groups is 1. The second-order valence-corrected chi connectivity index (χ2v) is 9.04. The van der Waals surface area contributed by atoms with Gasteiger partial charge >= 0.3 is 0 Å². The third-order valence-electron chi connectivity index (χ3n) is 6.99. The van der Waals surface area contributed by atoms with Crippen molar-refractivity contribution in [1.29, 1.82) is 0 Å². The smallest absolute Gasteiger partial charge is 0.118 e. The van der Waals surface area contributed by atoms with Crippen LogP contribution in [0.1, 0.15) is 49.7 Å². The third-order valence-corrected chi connectivity index (χ3v) is 6.99. The van der Waals surface area contributed by atoms with E-state index in [9.17, 15) is 5.11 Å². The van der Waals surface area contributed by atoms with Gasteiger partial charge in [-0.3, -0.25) is 4.99 Å². The van der Waals surface area contributed by atoms with E-state index in [4.69, 9.17) is 4.74 Å². The summed E-state index contributed by atoms with van der Waals surface area (Å²) >= 11 is 0. The Bertz CT molecular complexity index is 839. The maximum Gasteiger partial charge on any atom is 0.118 e. The van der Waals surface area contributed by atoms with Crippen LogP contribution in [0.3, 0.4) is 0 Å². The molecule has 4 saturated carbocycles. The normalized spacial score (nSPS) is 34.3. The Morgan fingerprint density at radius 3 is 2.22 bits per heavy atom. The van der Waals surface area contributed by atoms with Gasteiger partial charge in [-0.25, -0.2) is 0 Å². The monoisotopic (exact) mass is 361 g/mol. The number of hydrogen-bond donors (Lipinski definition) is 1. The molecule has 4 fully saturated rings. The van der Waals surface area contributed by atoms with E-state index in [2.05, 4.69) is 29.3 Å². The van der Waals surface area contributed by atoms with Gasteiger partial charge in [0.15, 0.2) is 0 Å². The zero-order valence-electron chi connectivity index (χ0n) is 15.9. The molecule has 4 aliphatic carbocycles. The van der Waals surface area contributed by atoms with Crippen molar-refractivity contribution in [3.63, 3.8) is 0 Å². The van der Waals surface area contributed by atoms with Crippen LogP contribution in [0.4, 0.5) is 5.69 Å². The molecule has 0 heterocycles. The fraction of sp³-hybridized carbons (Fsp3) is 0.458. The van der Waals surface area contributed by atoms with Crippen molar-refractivity contribution in [3.8, 4) is 5.75 Å². The van der Waals surface area contributed by atoms with Crippen LogP contribution in [0.5, 0.6) is 5.75 Å². The molecule has 0 aliphatic heterocycles. The third kappa shape index (κ3) is 3.08. The van der Waals surface area contributed by atoms with Gasteiger partial charge < -0.3 is 9.84 Å². The fourth-order valence-electron chi connectivity index (χ4n) is 6.29. The largest absolute Gasteiger partial charge is 0.497 e. The summed E-state index contributed by atoms with van der Waals surface area (Å²) in [5.41, 5.74) is 3.21. The van der Waals surface area contributed by atoms with E-state index in [1.165, 1.54) is 24.8 Å². The summed E-state index contributed by atoms with van der Waals surface area (Å²) in [5, 5.41) is 11.0. The highest BCUT2D eigenvalue weighted by molar-refractivity contribution is 5.82. The standard InChI is InChI=1S/C24H27NO2/c1-27-22-8-2-17(3-9-22)15-25-21-6-4-20(5-7-21)23-11-18-10-19(12-23)14-24(26,13-18)16-23/h2-9,15,18-19,26H,10-14,16H2,1H3. The van der Waals surface area contributed by atoms with E-state index in [-0.39, 0.29) is 5.41 Å². The van der Waals surface area contributed by atoms with Crippen molar-refractivity contribution in [3.05, 3.63) is 59.7 Å². The molecule has 2 aromatic rings. The Kier molecular flexibility index (Phi) is 3.90. The Hall–Kier alpha value is -2.13. The molecule has 4 aliphatic rings. The molecule has 0 aromatic heterocycles.